The predicted molar refractivity (Wildman–Crippen MR) is 86.3 cm³/mol. The second-order valence-corrected chi connectivity index (χ2v) is 8.25. The lowest BCUT2D eigenvalue weighted by Crippen LogP contribution is -2.42. The molecule has 2 atom stereocenters. The molecular formula is C16H25NO3S. The van der Waals surface area contributed by atoms with Crippen molar-refractivity contribution in [3.63, 3.8) is 0 Å². The third-order valence-corrected chi connectivity index (χ3v) is 4.66. The third kappa shape index (κ3) is 5.69. The summed E-state index contributed by atoms with van der Waals surface area (Å²) >= 11 is -1.26. The normalized spacial score (nSPS) is 14.6. The summed E-state index contributed by atoms with van der Waals surface area (Å²) in [6.45, 7) is 9.70. The number of aryl methyl sites for hydroxylation is 2. The minimum Gasteiger partial charge on any atom is -0.598 e. The SMILES string of the molecule is COC(=O)C[C@H](N[S+]([O-])C(C)(C)C)c1cc(C)cc(C)c1. The van der Waals surface area contributed by atoms with Gasteiger partial charge in [-0.05, 0) is 40.2 Å². The molecule has 0 saturated carbocycles. The van der Waals surface area contributed by atoms with Crippen molar-refractivity contribution in [2.45, 2.75) is 51.8 Å². The Balaban J connectivity index is 3.04. The van der Waals surface area contributed by atoms with Crippen LogP contribution in [0.3, 0.4) is 0 Å². The van der Waals surface area contributed by atoms with Crippen molar-refractivity contribution in [3.05, 3.63) is 34.9 Å². The molecule has 1 unspecified atom stereocenters. The highest BCUT2D eigenvalue weighted by molar-refractivity contribution is 7.90. The maximum absolute atomic E-state index is 12.3. The average Bonchev–Trinajstić information content (AvgIpc) is 2.35. The molecule has 0 amide bonds. The first kappa shape index (κ1) is 18.0. The summed E-state index contributed by atoms with van der Waals surface area (Å²) in [7, 11) is 1.36. The van der Waals surface area contributed by atoms with Crippen LogP contribution < -0.4 is 4.72 Å². The first-order chi connectivity index (χ1) is 9.63. The molecule has 4 nitrogen and oxygen atoms in total. The zero-order chi connectivity index (χ0) is 16.2. The average molecular weight is 311 g/mol. The number of carbonyl (C=O) groups is 1. The molecule has 0 heterocycles. The van der Waals surface area contributed by atoms with Crippen molar-refractivity contribution in [1.29, 1.82) is 0 Å². The van der Waals surface area contributed by atoms with Gasteiger partial charge in [0.1, 0.15) is 4.75 Å². The van der Waals surface area contributed by atoms with Gasteiger partial charge < -0.3 is 9.29 Å². The van der Waals surface area contributed by atoms with Crippen LogP contribution in [-0.4, -0.2) is 22.4 Å². The molecule has 0 aliphatic carbocycles. The van der Waals surface area contributed by atoms with Crippen molar-refractivity contribution in [2.24, 2.45) is 0 Å². The van der Waals surface area contributed by atoms with Crippen molar-refractivity contribution >= 4 is 17.3 Å². The molecule has 0 aliphatic heterocycles. The van der Waals surface area contributed by atoms with Crippen molar-refractivity contribution in [1.82, 2.24) is 4.72 Å². The van der Waals surface area contributed by atoms with Gasteiger partial charge in [-0.25, -0.2) is 0 Å². The van der Waals surface area contributed by atoms with Crippen LogP contribution in [0.2, 0.25) is 0 Å². The van der Waals surface area contributed by atoms with E-state index >= 15 is 0 Å². The standard InChI is InChI=1S/C16H25NO3S/c1-11-7-12(2)9-13(8-11)14(10-15(18)20-6)17-21(19)16(3,4)5/h7-9,14,17H,10H2,1-6H3/t14-,21?/m0/s1. The molecule has 21 heavy (non-hydrogen) atoms. The molecular weight excluding hydrogens is 286 g/mol. The molecule has 5 heteroatoms. The number of nitrogens with one attached hydrogen (secondary N) is 1. The zero-order valence-electron chi connectivity index (χ0n) is 13.6. The summed E-state index contributed by atoms with van der Waals surface area (Å²) in [5, 5.41) is 0. The van der Waals surface area contributed by atoms with Crippen LogP contribution in [0.25, 0.3) is 0 Å². The summed E-state index contributed by atoms with van der Waals surface area (Å²) in [5.74, 6) is -0.322. The van der Waals surface area contributed by atoms with Crippen LogP contribution in [0.1, 0.15) is 49.9 Å². The van der Waals surface area contributed by atoms with Crippen LogP contribution in [0.5, 0.6) is 0 Å². The Kier molecular flexibility index (Phi) is 6.25. The minimum absolute atomic E-state index is 0.154. The van der Waals surface area contributed by atoms with E-state index in [-0.39, 0.29) is 18.4 Å². The monoisotopic (exact) mass is 311 g/mol. The van der Waals surface area contributed by atoms with E-state index in [2.05, 4.69) is 10.8 Å². The number of benzene rings is 1. The number of esters is 1. The van der Waals surface area contributed by atoms with E-state index < -0.39 is 16.1 Å². The number of ether oxygens (including phenoxy) is 1. The number of hydrogen-bond donors (Lipinski definition) is 1. The first-order valence-corrected chi connectivity index (χ1v) is 8.11. The van der Waals surface area contributed by atoms with E-state index in [1.165, 1.54) is 7.11 Å². The Bertz CT molecular complexity index is 477. The molecule has 0 aromatic heterocycles. The fraction of sp³-hybridized carbons (Fsp3) is 0.562. The lowest BCUT2D eigenvalue weighted by atomic mass is 10.00. The highest BCUT2D eigenvalue weighted by Gasteiger charge is 2.31. The molecule has 1 N–H and O–H groups in total. The van der Waals surface area contributed by atoms with Crippen molar-refractivity contribution in [3.8, 4) is 0 Å². The topological polar surface area (TPSA) is 61.4 Å². The van der Waals surface area contributed by atoms with Gasteiger partial charge in [0.2, 0.25) is 0 Å². The maximum Gasteiger partial charge on any atom is 0.307 e. The number of carbonyl (C=O) groups excluding carboxylic acids is 1. The Morgan fingerprint density at radius 3 is 2.24 bits per heavy atom. The fourth-order valence-electron chi connectivity index (χ4n) is 1.99. The Morgan fingerprint density at radius 1 is 1.29 bits per heavy atom. The molecule has 0 spiro atoms. The van der Waals surface area contributed by atoms with E-state index in [4.69, 9.17) is 4.74 Å². The Hall–Kier alpha value is -1.04. The lowest BCUT2D eigenvalue weighted by Gasteiger charge is -2.28. The smallest absolute Gasteiger partial charge is 0.307 e. The van der Waals surface area contributed by atoms with Crippen LogP contribution in [0.4, 0.5) is 0 Å². The van der Waals surface area contributed by atoms with Gasteiger partial charge >= 0.3 is 5.97 Å². The maximum atomic E-state index is 12.3. The zero-order valence-corrected chi connectivity index (χ0v) is 14.5. The molecule has 1 rings (SSSR count). The Labute approximate surface area is 130 Å². The van der Waals surface area contributed by atoms with Gasteiger partial charge in [0.05, 0.1) is 19.6 Å². The summed E-state index contributed by atoms with van der Waals surface area (Å²) in [6, 6.07) is 5.76. The highest BCUT2D eigenvalue weighted by Crippen LogP contribution is 2.24. The van der Waals surface area contributed by atoms with Gasteiger partial charge in [-0.2, -0.15) is 0 Å². The molecule has 1 aromatic carbocycles. The van der Waals surface area contributed by atoms with Crippen molar-refractivity contribution in [2.75, 3.05) is 7.11 Å². The van der Waals surface area contributed by atoms with Gasteiger partial charge in [0.15, 0.2) is 0 Å². The van der Waals surface area contributed by atoms with Crippen LogP contribution in [-0.2, 0) is 20.9 Å². The van der Waals surface area contributed by atoms with Gasteiger partial charge in [0.25, 0.3) is 0 Å². The van der Waals surface area contributed by atoms with Crippen LogP contribution in [0.15, 0.2) is 18.2 Å². The van der Waals surface area contributed by atoms with Gasteiger partial charge in [0, 0.05) is 11.4 Å². The van der Waals surface area contributed by atoms with E-state index in [0.29, 0.717) is 0 Å². The summed E-state index contributed by atoms with van der Waals surface area (Å²) in [5.41, 5.74) is 3.18. The molecule has 0 radical (unpaired) electrons. The highest BCUT2D eigenvalue weighted by atomic mass is 32.2. The molecule has 0 fully saturated rings. The minimum atomic E-state index is -1.26. The first-order valence-electron chi connectivity index (χ1n) is 6.96. The predicted octanol–water partition coefficient (Wildman–Crippen LogP) is 2.96. The van der Waals surface area contributed by atoms with E-state index in [1.807, 2.05) is 46.8 Å². The summed E-state index contributed by atoms with van der Waals surface area (Å²) in [4.78, 5) is 11.6. The third-order valence-electron chi connectivity index (χ3n) is 3.05. The molecule has 0 bridgehead atoms. The molecule has 1 aromatic rings. The Morgan fingerprint density at radius 2 is 1.81 bits per heavy atom. The van der Waals surface area contributed by atoms with E-state index in [1.54, 1.807) is 0 Å². The number of methoxy groups -OCH3 is 1. The summed E-state index contributed by atoms with van der Waals surface area (Å²) in [6.07, 6.45) is 0.154. The van der Waals surface area contributed by atoms with Crippen LogP contribution >= 0.6 is 0 Å². The largest absolute Gasteiger partial charge is 0.598 e. The fourth-order valence-corrected chi connectivity index (χ4v) is 2.83. The van der Waals surface area contributed by atoms with E-state index in [9.17, 15) is 9.35 Å². The van der Waals surface area contributed by atoms with Crippen LogP contribution in [0, 0.1) is 13.8 Å². The van der Waals surface area contributed by atoms with Gasteiger partial charge in [-0.3, -0.25) is 4.79 Å². The van der Waals surface area contributed by atoms with Crippen molar-refractivity contribution < 1.29 is 14.1 Å². The second-order valence-electron chi connectivity index (χ2n) is 6.25. The van der Waals surface area contributed by atoms with E-state index in [0.717, 1.165) is 16.7 Å². The quantitative estimate of drug-likeness (QED) is 0.671. The molecule has 0 saturated heterocycles. The van der Waals surface area contributed by atoms with Gasteiger partial charge in [-0.15, -0.1) is 4.72 Å². The summed E-state index contributed by atoms with van der Waals surface area (Å²) < 4.78 is 19.8. The number of hydrogen-bond acceptors (Lipinski definition) is 4. The molecule has 0 aliphatic rings. The lowest BCUT2D eigenvalue weighted by molar-refractivity contribution is -0.141. The number of rotatable bonds is 5. The molecule has 118 valence electrons. The van der Waals surface area contributed by atoms with Gasteiger partial charge in [-0.1, -0.05) is 29.3 Å². The second kappa shape index (κ2) is 7.29.